The van der Waals surface area contributed by atoms with E-state index in [0.717, 1.165) is 24.3 Å². The number of aryl methyl sites for hydroxylation is 1. The molecule has 0 radical (unpaired) electrons. The van der Waals surface area contributed by atoms with E-state index in [0.29, 0.717) is 6.61 Å². The van der Waals surface area contributed by atoms with Crippen molar-refractivity contribution in [3.05, 3.63) is 52.9 Å². The number of ether oxygens (including phenoxy) is 2. The van der Waals surface area contributed by atoms with Crippen molar-refractivity contribution < 1.29 is 14.6 Å². The molecular weight excluding hydrogens is 320 g/mol. The number of aliphatic hydroxyl groups excluding tert-OH is 1. The van der Waals surface area contributed by atoms with Gasteiger partial charge in [-0.25, -0.2) is 0 Å². The largest absolute Gasteiger partial charge is 0.488 e. The molecule has 0 spiro atoms. The lowest BCUT2D eigenvalue weighted by Crippen LogP contribution is -2.15. The molecule has 1 N–H and O–H groups in total. The highest BCUT2D eigenvalue weighted by Crippen LogP contribution is 2.37. The molecular formula is C20H20O3S. The Hall–Kier alpha value is -1.88. The van der Waals surface area contributed by atoms with Crippen LogP contribution in [0.15, 0.2) is 41.8 Å². The molecule has 2 aromatic carbocycles. The standard InChI is InChI=1S/C20H20O3S/c1-13-8-15(23-16-6-7-22-11-16)3-4-17(13)19-12-24-20-5-2-14(10-21)9-18(19)20/h2-5,8-9,12,16,21H,6-7,10-11H2,1H3. The van der Waals surface area contributed by atoms with Crippen LogP contribution < -0.4 is 4.74 Å². The van der Waals surface area contributed by atoms with E-state index < -0.39 is 0 Å². The Morgan fingerprint density at radius 1 is 1.21 bits per heavy atom. The second-order valence-electron chi connectivity index (χ2n) is 6.22. The van der Waals surface area contributed by atoms with E-state index >= 15 is 0 Å². The normalized spacial score (nSPS) is 17.5. The second kappa shape index (κ2) is 6.55. The van der Waals surface area contributed by atoms with Gasteiger partial charge in [-0.05, 0) is 53.3 Å². The van der Waals surface area contributed by atoms with Crippen molar-refractivity contribution in [3.63, 3.8) is 0 Å². The average Bonchev–Trinajstić information content (AvgIpc) is 3.24. The zero-order valence-corrected chi connectivity index (χ0v) is 14.4. The Morgan fingerprint density at radius 2 is 2.12 bits per heavy atom. The van der Waals surface area contributed by atoms with Gasteiger partial charge < -0.3 is 14.6 Å². The molecule has 1 unspecified atom stereocenters. The van der Waals surface area contributed by atoms with Gasteiger partial charge in [0.2, 0.25) is 0 Å². The molecule has 1 aromatic heterocycles. The first-order valence-electron chi connectivity index (χ1n) is 8.21. The third-order valence-corrected chi connectivity index (χ3v) is 5.46. The number of fused-ring (bicyclic) bond motifs is 1. The van der Waals surface area contributed by atoms with E-state index in [2.05, 4.69) is 36.6 Å². The van der Waals surface area contributed by atoms with Gasteiger partial charge in [-0.15, -0.1) is 11.3 Å². The topological polar surface area (TPSA) is 38.7 Å². The lowest BCUT2D eigenvalue weighted by Gasteiger charge is -2.14. The molecule has 0 saturated carbocycles. The summed E-state index contributed by atoms with van der Waals surface area (Å²) in [5.74, 6) is 0.905. The number of thiophene rings is 1. The van der Waals surface area contributed by atoms with Crippen molar-refractivity contribution >= 4 is 21.4 Å². The van der Waals surface area contributed by atoms with E-state index in [1.807, 2.05) is 12.1 Å². The maximum absolute atomic E-state index is 9.40. The molecule has 124 valence electrons. The Bertz CT molecular complexity index is 862. The van der Waals surface area contributed by atoms with Gasteiger partial charge in [0.05, 0.1) is 19.8 Å². The van der Waals surface area contributed by atoms with Crippen molar-refractivity contribution in [2.45, 2.75) is 26.1 Å². The van der Waals surface area contributed by atoms with Crippen LogP contribution in [0.25, 0.3) is 21.2 Å². The molecule has 1 saturated heterocycles. The minimum atomic E-state index is 0.0699. The molecule has 2 heterocycles. The smallest absolute Gasteiger partial charge is 0.124 e. The molecule has 4 rings (SSSR count). The van der Waals surface area contributed by atoms with Gasteiger partial charge in [-0.1, -0.05) is 12.1 Å². The summed E-state index contributed by atoms with van der Waals surface area (Å²) >= 11 is 1.74. The minimum Gasteiger partial charge on any atom is -0.488 e. The fourth-order valence-electron chi connectivity index (χ4n) is 3.19. The number of rotatable bonds is 4. The van der Waals surface area contributed by atoms with Crippen molar-refractivity contribution in [3.8, 4) is 16.9 Å². The summed E-state index contributed by atoms with van der Waals surface area (Å²) in [6.07, 6.45) is 1.13. The Kier molecular flexibility index (Phi) is 4.27. The monoisotopic (exact) mass is 340 g/mol. The van der Waals surface area contributed by atoms with Crippen LogP contribution in [-0.4, -0.2) is 24.4 Å². The number of hydrogen-bond donors (Lipinski definition) is 1. The van der Waals surface area contributed by atoms with Crippen LogP contribution in [0.4, 0.5) is 0 Å². The highest BCUT2D eigenvalue weighted by Gasteiger charge is 2.18. The first kappa shape index (κ1) is 15.6. The molecule has 1 aliphatic heterocycles. The fourth-order valence-corrected chi connectivity index (χ4v) is 4.13. The van der Waals surface area contributed by atoms with Gasteiger partial charge in [-0.3, -0.25) is 0 Å². The predicted octanol–water partition coefficient (Wildman–Crippen LogP) is 4.54. The van der Waals surface area contributed by atoms with Crippen LogP contribution in [0, 0.1) is 6.92 Å². The van der Waals surface area contributed by atoms with E-state index in [4.69, 9.17) is 9.47 Å². The molecule has 3 nitrogen and oxygen atoms in total. The minimum absolute atomic E-state index is 0.0699. The maximum Gasteiger partial charge on any atom is 0.124 e. The number of aliphatic hydroxyl groups is 1. The first-order valence-corrected chi connectivity index (χ1v) is 9.09. The van der Waals surface area contributed by atoms with Gasteiger partial charge >= 0.3 is 0 Å². The number of hydrogen-bond acceptors (Lipinski definition) is 4. The van der Waals surface area contributed by atoms with E-state index in [1.54, 1.807) is 11.3 Å². The third kappa shape index (κ3) is 2.93. The summed E-state index contributed by atoms with van der Waals surface area (Å²) in [5, 5.41) is 12.8. The fraction of sp³-hybridized carbons (Fsp3) is 0.300. The molecule has 1 fully saturated rings. The molecule has 24 heavy (non-hydrogen) atoms. The van der Waals surface area contributed by atoms with Crippen LogP contribution in [0.3, 0.4) is 0 Å². The molecule has 1 atom stereocenters. The average molecular weight is 340 g/mol. The zero-order valence-electron chi connectivity index (χ0n) is 13.6. The molecule has 0 bridgehead atoms. The molecule has 1 aliphatic rings. The molecule has 0 amide bonds. The summed E-state index contributed by atoms with van der Waals surface area (Å²) in [4.78, 5) is 0. The summed E-state index contributed by atoms with van der Waals surface area (Å²) < 4.78 is 12.6. The van der Waals surface area contributed by atoms with Crippen molar-refractivity contribution in [2.24, 2.45) is 0 Å². The zero-order chi connectivity index (χ0) is 16.5. The Balaban J connectivity index is 1.68. The third-order valence-electron chi connectivity index (χ3n) is 4.50. The van der Waals surface area contributed by atoms with Crippen molar-refractivity contribution in [1.29, 1.82) is 0 Å². The van der Waals surface area contributed by atoms with Crippen LogP contribution in [0.1, 0.15) is 17.5 Å². The Labute approximate surface area is 145 Å². The van der Waals surface area contributed by atoms with Crippen LogP contribution in [-0.2, 0) is 11.3 Å². The van der Waals surface area contributed by atoms with Gasteiger partial charge in [0, 0.05) is 22.1 Å². The highest BCUT2D eigenvalue weighted by atomic mass is 32.1. The molecule has 4 heteroatoms. The molecule has 0 aliphatic carbocycles. The summed E-state index contributed by atoms with van der Waals surface area (Å²) in [5.41, 5.74) is 4.58. The second-order valence-corrected chi connectivity index (χ2v) is 7.13. The van der Waals surface area contributed by atoms with E-state index in [-0.39, 0.29) is 12.7 Å². The van der Waals surface area contributed by atoms with Crippen molar-refractivity contribution in [1.82, 2.24) is 0 Å². The Morgan fingerprint density at radius 3 is 2.88 bits per heavy atom. The lowest BCUT2D eigenvalue weighted by molar-refractivity contribution is 0.141. The quantitative estimate of drug-likeness (QED) is 0.758. The van der Waals surface area contributed by atoms with Gasteiger partial charge in [0.15, 0.2) is 0 Å². The summed E-state index contributed by atoms with van der Waals surface area (Å²) in [7, 11) is 0. The van der Waals surface area contributed by atoms with Crippen LogP contribution in [0.2, 0.25) is 0 Å². The van der Waals surface area contributed by atoms with Gasteiger partial charge in [-0.2, -0.15) is 0 Å². The summed E-state index contributed by atoms with van der Waals surface area (Å²) in [6, 6.07) is 12.4. The van der Waals surface area contributed by atoms with Gasteiger partial charge in [0.1, 0.15) is 11.9 Å². The van der Waals surface area contributed by atoms with Crippen LogP contribution in [0.5, 0.6) is 5.75 Å². The first-order chi connectivity index (χ1) is 11.7. The highest BCUT2D eigenvalue weighted by molar-refractivity contribution is 7.17. The van der Waals surface area contributed by atoms with Crippen molar-refractivity contribution in [2.75, 3.05) is 13.2 Å². The van der Waals surface area contributed by atoms with E-state index in [1.165, 1.54) is 26.8 Å². The maximum atomic E-state index is 9.40. The predicted molar refractivity (Wildman–Crippen MR) is 97.8 cm³/mol. The number of benzene rings is 2. The lowest BCUT2D eigenvalue weighted by atomic mass is 9.99. The SMILES string of the molecule is Cc1cc(OC2CCOC2)ccc1-c1csc2ccc(CO)cc12. The van der Waals surface area contributed by atoms with Crippen LogP contribution >= 0.6 is 11.3 Å². The molecule has 3 aromatic rings. The van der Waals surface area contributed by atoms with E-state index in [9.17, 15) is 5.11 Å². The van der Waals surface area contributed by atoms with Gasteiger partial charge in [0.25, 0.3) is 0 Å². The summed E-state index contributed by atoms with van der Waals surface area (Å²) in [6.45, 7) is 3.66.